The van der Waals surface area contributed by atoms with Gasteiger partial charge in [-0.3, -0.25) is 4.57 Å². The van der Waals surface area contributed by atoms with E-state index in [0.29, 0.717) is 0 Å². The van der Waals surface area contributed by atoms with Gasteiger partial charge < -0.3 is 4.74 Å². The average molecular weight is 422 g/mol. The van der Waals surface area contributed by atoms with Crippen LogP contribution >= 0.6 is 0 Å². The summed E-state index contributed by atoms with van der Waals surface area (Å²) in [7, 11) is 0. The summed E-state index contributed by atoms with van der Waals surface area (Å²) in [5.41, 5.74) is 2.09. The zero-order valence-electron chi connectivity index (χ0n) is 17.1. The van der Waals surface area contributed by atoms with E-state index < -0.39 is 11.7 Å². The molecule has 3 nitrogen and oxygen atoms in total. The molecule has 158 valence electrons. The van der Waals surface area contributed by atoms with Crippen molar-refractivity contribution in [1.82, 2.24) is 9.55 Å². The van der Waals surface area contributed by atoms with Crippen LogP contribution in [0.4, 0.5) is 13.2 Å². The summed E-state index contributed by atoms with van der Waals surface area (Å²) in [6, 6.07) is 20.9. The minimum absolute atomic E-state index is 0.0461. The Morgan fingerprint density at radius 2 is 1.45 bits per heavy atom. The number of alkyl halides is 3. The first-order chi connectivity index (χ1) is 14.8. The predicted molar refractivity (Wildman–Crippen MR) is 115 cm³/mol. The van der Waals surface area contributed by atoms with Gasteiger partial charge in [-0.05, 0) is 55.3 Å². The van der Waals surface area contributed by atoms with Crippen LogP contribution in [0, 0.1) is 0 Å². The molecule has 0 aliphatic carbocycles. The Morgan fingerprint density at radius 3 is 2.06 bits per heavy atom. The fourth-order valence-electron chi connectivity index (χ4n) is 3.45. The molecule has 1 heterocycles. The van der Waals surface area contributed by atoms with Crippen LogP contribution in [0.5, 0.6) is 5.75 Å². The fourth-order valence-corrected chi connectivity index (χ4v) is 3.45. The maximum Gasteiger partial charge on any atom is 0.417 e. The summed E-state index contributed by atoms with van der Waals surface area (Å²) in [5, 5.41) is 0. The van der Waals surface area contributed by atoms with Crippen molar-refractivity contribution in [2.45, 2.75) is 26.1 Å². The van der Waals surface area contributed by atoms with Crippen LogP contribution in [0.25, 0.3) is 28.2 Å². The normalized spacial score (nSPS) is 11.7. The fraction of sp³-hybridized carbons (Fsp3) is 0.160. The first-order valence-corrected chi connectivity index (χ1v) is 9.90. The van der Waals surface area contributed by atoms with Crippen molar-refractivity contribution in [3.05, 3.63) is 90.8 Å². The van der Waals surface area contributed by atoms with Crippen LogP contribution in [0.2, 0.25) is 0 Å². The lowest BCUT2D eigenvalue weighted by molar-refractivity contribution is -0.137. The molecule has 0 unspecified atom stereocenters. The summed E-state index contributed by atoms with van der Waals surface area (Å²) >= 11 is 0. The van der Waals surface area contributed by atoms with Crippen molar-refractivity contribution in [2.24, 2.45) is 0 Å². The van der Waals surface area contributed by atoms with Gasteiger partial charge in [0.2, 0.25) is 0 Å². The molecule has 4 aromatic rings. The molecule has 0 spiro atoms. The largest absolute Gasteiger partial charge is 0.491 e. The van der Waals surface area contributed by atoms with Gasteiger partial charge in [-0.15, -0.1) is 0 Å². The second kappa shape index (κ2) is 8.30. The second-order valence-electron chi connectivity index (χ2n) is 7.40. The summed E-state index contributed by atoms with van der Waals surface area (Å²) in [4.78, 5) is 4.20. The Hall–Kier alpha value is -3.54. The number of nitrogens with zero attached hydrogens (tertiary/aromatic N) is 2. The quantitative estimate of drug-likeness (QED) is 0.346. The smallest absolute Gasteiger partial charge is 0.417 e. The minimum atomic E-state index is -4.46. The third kappa shape index (κ3) is 4.48. The molecular formula is C25H21F3N2O. The van der Waals surface area contributed by atoms with Gasteiger partial charge >= 0.3 is 6.18 Å². The van der Waals surface area contributed by atoms with Crippen molar-refractivity contribution in [2.75, 3.05) is 0 Å². The van der Waals surface area contributed by atoms with E-state index in [0.717, 1.165) is 28.6 Å². The van der Waals surface area contributed by atoms with Crippen molar-refractivity contribution < 1.29 is 17.9 Å². The van der Waals surface area contributed by atoms with Crippen LogP contribution in [0.3, 0.4) is 0 Å². The molecule has 0 saturated heterocycles. The summed E-state index contributed by atoms with van der Waals surface area (Å²) in [6.45, 7) is 3.95. The molecule has 4 rings (SSSR count). The first kappa shape index (κ1) is 20.7. The molecule has 0 aliphatic rings. The van der Waals surface area contributed by atoms with Gasteiger partial charge in [-0.1, -0.05) is 42.5 Å². The van der Waals surface area contributed by atoms with E-state index in [4.69, 9.17) is 4.74 Å². The SMILES string of the molecule is CC(C)Oc1ccc(-c2ccc(-n3ccnc3-c3ccccc3C(F)(F)F)cc2)cc1. The van der Waals surface area contributed by atoms with E-state index in [1.807, 2.05) is 62.4 Å². The Labute approximate surface area is 178 Å². The molecule has 6 heteroatoms. The van der Waals surface area contributed by atoms with Crippen LogP contribution in [0.15, 0.2) is 85.2 Å². The molecule has 0 amide bonds. The maximum atomic E-state index is 13.5. The minimum Gasteiger partial charge on any atom is -0.491 e. The number of rotatable bonds is 5. The van der Waals surface area contributed by atoms with E-state index in [-0.39, 0.29) is 17.5 Å². The number of hydrogen-bond donors (Lipinski definition) is 0. The molecule has 0 saturated carbocycles. The average Bonchev–Trinajstić information content (AvgIpc) is 3.23. The highest BCUT2D eigenvalue weighted by Crippen LogP contribution is 2.37. The van der Waals surface area contributed by atoms with Gasteiger partial charge in [0, 0.05) is 23.6 Å². The van der Waals surface area contributed by atoms with Crippen molar-refractivity contribution in [1.29, 1.82) is 0 Å². The van der Waals surface area contributed by atoms with E-state index in [1.165, 1.54) is 18.3 Å². The Bertz CT molecular complexity index is 1160. The molecular weight excluding hydrogens is 401 g/mol. The van der Waals surface area contributed by atoms with Crippen LogP contribution in [-0.2, 0) is 6.18 Å². The van der Waals surface area contributed by atoms with Gasteiger partial charge in [-0.2, -0.15) is 13.2 Å². The number of hydrogen-bond acceptors (Lipinski definition) is 2. The van der Waals surface area contributed by atoms with Gasteiger partial charge in [0.1, 0.15) is 11.6 Å². The molecule has 0 bridgehead atoms. The maximum absolute atomic E-state index is 13.5. The standard InChI is InChI=1S/C25H21F3N2O/c1-17(2)31-21-13-9-19(10-14-21)18-7-11-20(12-8-18)30-16-15-29-24(30)22-5-3-4-6-23(22)25(26,27)28/h3-17H,1-2H3. The Morgan fingerprint density at radius 1 is 0.839 bits per heavy atom. The summed E-state index contributed by atoms with van der Waals surface area (Å²) in [6.07, 6.45) is -1.18. The Balaban J connectivity index is 1.65. The molecule has 1 aromatic heterocycles. The zero-order chi connectivity index (χ0) is 22.0. The Kier molecular flexibility index (Phi) is 5.55. The van der Waals surface area contributed by atoms with E-state index >= 15 is 0 Å². The molecule has 0 atom stereocenters. The summed E-state index contributed by atoms with van der Waals surface area (Å²) < 4.78 is 47.7. The third-order valence-corrected chi connectivity index (χ3v) is 4.82. The van der Waals surface area contributed by atoms with E-state index in [1.54, 1.807) is 16.8 Å². The topological polar surface area (TPSA) is 27.1 Å². The highest BCUT2D eigenvalue weighted by Gasteiger charge is 2.34. The number of aromatic nitrogens is 2. The number of halogens is 3. The van der Waals surface area contributed by atoms with Crippen molar-refractivity contribution in [3.8, 4) is 34.0 Å². The lowest BCUT2D eigenvalue weighted by atomic mass is 10.0. The van der Waals surface area contributed by atoms with E-state index in [9.17, 15) is 13.2 Å². The monoisotopic (exact) mass is 422 g/mol. The van der Waals surface area contributed by atoms with Gasteiger partial charge in [0.15, 0.2) is 0 Å². The van der Waals surface area contributed by atoms with Gasteiger partial charge in [-0.25, -0.2) is 4.98 Å². The lowest BCUT2D eigenvalue weighted by Gasteiger charge is -2.14. The van der Waals surface area contributed by atoms with Crippen LogP contribution < -0.4 is 4.74 Å². The molecule has 31 heavy (non-hydrogen) atoms. The zero-order valence-corrected chi connectivity index (χ0v) is 17.1. The van der Waals surface area contributed by atoms with Crippen LogP contribution in [0.1, 0.15) is 19.4 Å². The number of imidazole rings is 1. The van der Waals surface area contributed by atoms with E-state index in [2.05, 4.69) is 4.98 Å². The lowest BCUT2D eigenvalue weighted by Crippen LogP contribution is -2.08. The summed E-state index contributed by atoms with van der Waals surface area (Å²) in [5.74, 6) is 1.05. The molecule has 0 aliphatic heterocycles. The molecule has 0 fully saturated rings. The highest BCUT2D eigenvalue weighted by atomic mass is 19.4. The van der Waals surface area contributed by atoms with Crippen molar-refractivity contribution in [3.63, 3.8) is 0 Å². The van der Waals surface area contributed by atoms with Crippen molar-refractivity contribution >= 4 is 0 Å². The molecule has 0 N–H and O–H groups in total. The molecule has 0 radical (unpaired) electrons. The van der Waals surface area contributed by atoms with Crippen LogP contribution in [-0.4, -0.2) is 15.7 Å². The first-order valence-electron chi connectivity index (χ1n) is 9.90. The number of benzene rings is 3. The number of ether oxygens (including phenoxy) is 1. The predicted octanol–water partition coefficient (Wildman–Crippen LogP) is 7.01. The van der Waals surface area contributed by atoms with Gasteiger partial charge in [0.25, 0.3) is 0 Å². The third-order valence-electron chi connectivity index (χ3n) is 4.82. The molecule has 3 aromatic carbocycles. The van der Waals surface area contributed by atoms with Gasteiger partial charge in [0.05, 0.1) is 11.7 Å². The highest BCUT2D eigenvalue weighted by molar-refractivity contribution is 5.67. The second-order valence-corrected chi connectivity index (χ2v) is 7.40.